The number of nitrogens with zero attached hydrogens (tertiary/aromatic N) is 4. The number of aromatic nitrogens is 4. The van der Waals surface area contributed by atoms with Crippen LogP contribution in [0.5, 0.6) is 0 Å². The van der Waals surface area contributed by atoms with Gasteiger partial charge in [-0.05, 0) is 39.7 Å². The second-order valence-corrected chi connectivity index (χ2v) is 8.79. The van der Waals surface area contributed by atoms with Crippen LogP contribution in [0.2, 0.25) is 0 Å². The van der Waals surface area contributed by atoms with Crippen LogP contribution in [0.3, 0.4) is 0 Å². The first-order chi connectivity index (χ1) is 15.2. The first-order valence-corrected chi connectivity index (χ1v) is 10.5. The third kappa shape index (κ3) is 4.10. The molecule has 0 atom stereocenters. The average Bonchev–Trinajstić information content (AvgIpc) is 3.36. The molecule has 1 saturated heterocycles. The van der Waals surface area contributed by atoms with Crippen molar-refractivity contribution in [1.82, 2.24) is 30.0 Å². The van der Waals surface area contributed by atoms with Gasteiger partial charge in [0.25, 0.3) is 0 Å². The molecule has 0 radical (unpaired) electrons. The number of aromatic amines is 1. The minimum atomic E-state index is -0.775. The van der Waals surface area contributed by atoms with Gasteiger partial charge in [-0.15, -0.1) is 0 Å². The molecule has 1 aliphatic rings. The fourth-order valence-corrected chi connectivity index (χ4v) is 3.91. The normalized spacial score (nSPS) is 15.2. The summed E-state index contributed by atoms with van der Waals surface area (Å²) in [7, 11) is 1.40. The number of pyridine rings is 1. The Bertz CT molecular complexity index is 1180. The average molecular weight is 441 g/mol. The van der Waals surface area contributed by atoms with E-state index in [-0.39, 0.29) is 12.1 Å². The number of likely N-dealkylation sites (tertiary alicyclic amines) is 1. The molecular formula is C21H27N7O4. The lowest BCUT2D eigenvalue weighted by atomic mass is 10.1. The van der Waals surface area contributed by atoms with Crippen LogP contribution < -0.4 is 10.6 Å². The van der Waals surface area contributed by atoms with Crippen molar-refractivity contribution in [1.29, 1.82) is 0 Å². The summed E-state index contributed by atoms with van der Waals surface area (Å²) in [5.41, 5.74) is 0.899. The quantitative estimate of drug-likeness (QED) is 0.522. The van der Waals surface area contributed by atoms with Crippen molar-refractivity contribution in [3.63, 3.8) is 0 Å². The molecule has 4 heterocycles. The number of nitrogens with one attached hydrogen (secondary N) is 3. The number of piperidine rings is 1. The number of ether oxygens (including phenoxy) is 1. The lowest BCUT2D eigenvalue weighted by Crippen LogP contribution is -2.42. The molecule has 11 heteroatoms. The van der Waals surface area contributed by atoms with Gasteiger partial charge in [-0.25, -0.2) is 14.8 Å². The fourth-order valence-electron chi connectivity index (χ4n) is 3.91. The van der Waals surface area contributed by atoms with Crippen molar-refractivity contribution >= 4 is 45.7 Å². The SMILES string of the molecule is CNC(=O)C(=O)Nc1[nH]n(C2CCN(C(=O)OC(C)(C)C)CC2)c2c1cnc1nccc12. The summed E-state index contributed by atoms with van der Waals surface area (Å²) in [5, 5.41) is 9.70. The van der Waals surface area contributed by atoms with E-state index in [1.165, 1.54) is 7.05 Å². The number of hydrogen-bond acceptors (Lipinski definition) is 6. The highest BCUT2D eigenvalue weighted by atomic mass is 16.6. The molecule has 1 fully saturated rings. The van der Waals surface area contributed by atoms with Gasteiger partial charge in [-0.3, -0.25) is 19.4 Å². The summed E-state index contributed by atoms with van der Waals surface area (Å²) in [4.78, 5) is 46.7. The molecule has 3 aromatic rings. The molecule has 0 aromatic carbocycles. The summed E-state index contributed by atoms with van der Waals surface area (Å²) in [6.45, 7) is 6.63. The Labute approximate surface area is 184 Å². The van der Waals surface area contributed by atoms with Gasteiger partial charge in [0.2, 0.25) is 0 Å². The fraction of sp³-hybridized carbons (Fsp3) is 0.476. The van der Waals surface area contributed by atoms with Crippen molar-refractivity contribution in [2.24, 2.45) is 0 Å². The highest BCUT2D eigenvalue weighted by Crippen LogP contribution is 2.34. The van der Waals surface area contributed by atoms with E-state index in [0.717, 1.165) is 10.9 Å². The first-order valence-electron chi connectivity index (χ1n) is 10.5. The number of carbonyl (C=O) groups is 3. The number of hydrogen-bond donors (Lipinski definition) is 3. The van der Waals surface area contributed by atoms with Crippen molar-refractivity contribution in [2.45, 2.75) is 45.3 Å². The first kappa shape index (κ1) is 21.6. The van der Waals surface area contributed by atoms with E-state index in [4.69, 9.17) is 4.74 Å². The molecular weight excluding hydrogens is 414 g/mol. The van der Waals surface area contributed by atoms with Crippen LogP contribution in [0.1, 0.15) is 39.7 Å². The van der Waals surface area contributed by atoms with E-state index in [0.29, 0.717) is 42.8 Å². The van der Waals surface area contributed by atoms with Crippen LogP contribution in [0.25, 0.3) is 21.9 Å². The second-order valence-electron chi connectivity index (χ2n) is 8.79. The maximum atomic E-state index is 12.4. The molecule has 0 spiro atoms. The molecule has 1 aliphatic heterocycles. The number of fused-ring (bicyclic) bond motifs is 3. The largest absolute Gasteiger partial charge is 0.444 e. The van der Waals surface area contributed by atoms with Gasteiger partial charge >= 0.3 is 17.9 Å². The lowest BCUT2D eigenvalue weighted by molar-refractivity contribution is -0.135. The zero-order valence-electron chi connectivity index (χ0n) is 18.6. The second kappa shape index (κ2) is 8.13. The van der Waals surface area contributed by atoms with Gasteiger partial charge in [0.15, 0.2) is 5.65 Å². The van der Waals surface area contributed by atoms with Crippen LogP contribution in [0.15, 0.2) is 18.5 Å². The minimum absolute atomic E-state index is 0.0438. The summed E-state index contributed by atoms with van der Waals surface area (Å²) < 4.78 is 7.47. The van der Waals surface area contributed by atoms with Gasteiger partial charge in [-0.2, -0.15) is 0 Å². The highest BCUT2D eigenvalue weighted by Gasteiger charge is 2.29. The Kier molecular flexibility index (Phi) is 5.49. The lowest BCUT2D eigenvalue weighted by Gasteiger charge is -2.34. The summed E-state index contributed by atoms with van der Waals surface area (Å²) in [5.74, 6) is -1.13. The third-order valence-corrected chi connectivity index (χ3v) is 5.40. The van der Waals surface area contributed by atoms with Gasteiger partial charge in [-0.1, -0.05) is 0 Å². The number of carbonyl (C=O) groups excluding carboxylic acids is 3. The van der Waals surface area contributed by atoms with Crippen LogP contribution >= 0.6 is 0 Å². The number of H-pyrrole nitrogens is 1. The summed E-state index contributed by atoms with van der Waals surface area (Å²) in [6, 6.07) is 1.91. The van der Waals surface area contributed by atoms with Crippen LogP contribution in [-0.2, 0) is 14.3 Å². The standard InChI is InChI=1S/C21H27N7O4/c1-21(2,3)32-20(31)27-9-6-12(7-10-27)28-15-13-5-8-23-16(13)24-11-14(15)17(26-28)25-19(30)18(29)22-4/h5,8,11-12,26H,6-7,9-10H2,1-4H3,(H,22,29)(H,25,30). The van der Waals surface area contributed by atoms with Gasteiger partial charge in [0.05, 0.1) is 16.9 Å². The predicted molar refractivity (Wildman–Crippen MR) is 118 cm³/mol. The topological polar surface area (TPSA) is 134 Å². The van der Waals surface area contributed by atoms with E-state index >= 15 is 0 Å². The Balaban J connectivity index is 1.64. The van der Waals surface area contributed by atoms with Gasteiger partial charge < -0.3 is 20.3 Å². The Morgan fingerprint density at radius 2 is 1.84 bits per heavy atom. The molecule has 170 valence electrons. The molecule has 0 aliphatic carbocycles. The third-order valence-electron chi connectivity index (χ3n) is 5.40. The van der Waals surface area contributed by atoms with E-state index in [1.54, 1.807) is 17.3 Å². The van der Waals surface area contributed by atoms with Crippen molar-refractivity contribution in [2.75, 3.05) is 25.5 Å². The zero-order chi connectivity index (χ0) is 23.0. The number of likely N-dealkylation sites (N-methyl/N-ethyl adjacent to an activating group) is 1. The molecule has 0 bridgehead atoms. The Hall–Kier alpha value is -3.63. The van der Waals surface area contributed by atoms with Gasteiger partial charge in [0, 0.05) is 37.9 Å². The Morgan fingerprint density at radius 1 is 1.12 bits per heavy atom. The van der Waals surface area contributed by atoms with Gasteiger partial charge in [0.1, 0.15) is 11.4 Å². The highest BCUT2D eigenvalue weighted by molar-refractivity contribution is 6.40. The summed E-state index contributed by atoms with van der Waals surface area (Å²) in [6.07, 6.45) is 4.39. The summed E-state index contributed by atoms with van der Waals surface area (Å²) >= 11 is 0. The molecule has 11 nitrogen and oxygen atoms in total. The van der Waals surface area contributed by atoms with Crippen LogP contribution in [0, 0.1) is 0 Å². The van der Waals surface area contributed by atoms with Crippen LogP contribution in [-0.4, -0.2) is 68.3 Å². The van der Waals surface area contributed by atoms with E-state index in [2.05, 4.69) is 25.7 Å². The molecule has 4 rings (SSSR count). The number of anilines is 1. The maximum Gasteiger partial charge on any atom is 0.410 e. The smallest absolute Gasteiger partial charge is 0.410 e. The van der Waals surface area contributed by atoms with E-state index in [1.807, 2.05) is 31.5 Å². The van der Waals surface area contributed by atoms with Crippen molar-refractivity contribution in [3.8, 4) is 0 Å². The predicted octanol–water partition coefficient (Wildman–Crippen LogP) is 2.17. The zero-order valence-corrected chi connectivity index (χ0v) is 18.6. The van der Waals surface area contributed by atoms with Crippen LogP contribution in [0.4, 0.5) is 10.6 Å². The van der Waals surface area contributed by atoms with Crippen molar-refractivity contribution < 1.29 is 19.1 Å². The van der Waals surface area contributed by atoms with E-state index in [9.17, 15) is 14.4 Å². The van der Waals surface area contributed by atoms with Crippen molar-refractivity contribution in [3.05, 3.63) is 18.5 Å². The minimum Gasteiger partial charge on any atom is -0.444 e. The monoisotopic (exact) mass is 441 g/mol. The Morgan fingerprint density at radius 3 is 2.50 bits per heavy atom. The molecule has 3 aromatic heterocycles. The number of rotatable bonds is 2. The molecule has 3 N–H and O–H groups in total. The molecule has 0 unspecified atom stereocenters. The van der Waals surface area contributed by atoms with E-state index < -0.39 is 17.4 Å². The molecule has 3 amide bonds. The number of amides is 3. The maximum absolute atomic E-state index is 12.4. The molecule has 32 heavy (non-hydrogen) atoms. The molecule has 0 saturated carbocycles.